The van der Waals surface area contributed by atoms with Crippen molar-refractivity contribution in [3.05, 3.63) is 77.8 Å². The predicted octanol–water partition coefficient (Wildman–Crippen LogP) is 6.12. The second-order valence-corrected chi connectivity index (χ2v) is 10.5. The molecule has 6 aromatic rings. The maximum atomic E-state index is 6.23. The van der Waals surface area contributed by atoms with Crippen LogP contribution in [0.1, 0.15) is 0 Å². The third-order valence-electron chi connectivity index (χ3n) is 7.07. The highest BCUT2D eigenvalue weighted by Crippen LogP contribution is 2.34. The van der Waals surface area contributed by atoms with Gasteiger partial charge in [0.05, 0.1) is 57.4 Å². The number of ether oxygens (including phenoxy) is 4. The van der Waals surface area contributed by atoms with E-state index in [1.807, 2.05) is 60.7 Å². The van der Waals surface area contributed by atoms with Crippen molar-refractivity contribution >= 4 is 44.9 Å². The summed E-state index contributed by atoms with van der Waals surface area (Å²) in [5.74, 6) is 2.88. The molecule has 46 heavy (non-hydrogen) atoms. The minimum atomic E-state index is 0.288. The number of halogens is 1. The van der Waals surface area contributed by atoms with Gasteiger partial charge in [0, 0.05) is 34.4 Å². The molecular weight excluding hydrogens is 610 g/mol. The number of nitrogens with zero attached hydrogens (tertiary/aromatic N) is 5. The van der Waals surface area contributed by atoms with Gasteiger partial charge < -0.3 is 34.1 Å². The van der Waals surface area contributed by atoms with Crippen molar-refractivity contribution in [2.75, 3.05) is 64.4 Å². The van der Waals surface area contributed by atoms with Crippen LogP contribution in [0.4, 0.5) is 11.5 Å². The van der Waals surface area contributed by atoms with Crippen LogP contribution in [0.5, 0.6) is 11.5 Å². The van der Waals surface area contributed by atoms with E-state index in [0.717, 1.165) is 44.6 Å². The molecule has 0 fully saturated rings. The minimum Gasteiger partial charge on any atom is -0.497 e. The third kappa shape index (κ3) is 7.42. The summed E-state index contributed by atoms with van der Waals surface area (Å²) in [5, 5.41) is 21.7. The molecule has 0 radical (unpaired) electrons. The van der Waals surface area contributed by atoms with Gasteiger partial charge >= 0.3 is 0 Å². The molecule has 0 spiro atoms. The molecule has 0 amide bonds. The number of nitrogens with one attached hydrogen (secondary N) is 2. The van der Waals surface area contributed by atoms with E-state index in [1.54, 1.807) is 26.4 Å². The Hall–Kier alpha value is -5.04. The maximum Gasteiger partial charge on any atom is 0.278 e. The Morgan fingerprint density at radius 2 is 1.46 bits per heavy atom. The van der Waals surface area contributed by atoms with Gasteiger partial charge in [-0.15, -0.1) is 10.2 Å². The molecular formula is C33H32ClN7O5. The fourth-order valence-electron chi connectivity index (χ4n) is 4.76. The van der Waals surface area contributed by atoms with Gasteiger partial charge in [-0.25, -0.2) is 4.98 Å². The Labute approximate surface area is 270 Å². The summed E-state index contributed by atoms with van der Waals surface area (Å²) < 4.78 is 27.5. The van der Waals surface area contributed by atoms with Crippen LogP contribution in [-0.2, 0) is 9.47 Å². The number of hydrogen-bond donors (Lipinski definition) is 2. The molecule has 3 aromatic heterocycles. The van der Waals surface area contributed by atoms with E-state index >= 15 is 0 Å². The second kappa shape index (κ2) is 14.8. The van der Waals surface area contributed by atoms with Crippen molar-refractivity contribution in [2.45, 2.75) is 0 Å². The van der Waals surface area contributed by atoms with E-state index in [2.05, 4.69) is 31.0 Å². The lowest BCUT2D eigenvalue weighted by atomic mass is 10.1. The van der Waals surface area contributed by atoms with Gasteiger partial charge in [-0.2, -0.15) is 4.98 Å². The maximum absolute atomic E-state index is 6.23. The van der Waals surface area contributed by atoms with E-state index in [9.17, 15) is 0 Å². The molecule has 12 nitrogen and oxygen atoms in total. The molecule has 0 aliphatic rings. The van der Waals surface area contributed by atoms with Crippen LogP contribution in [0.3, 0.4) is 0 Å². The number of pyridine rings is 1. The smallest absolute Gasteiger partial charge is 0.278 e. The van der Waals surface area contributed by atoms with Crippen LogP contribution < -0.4 is 20.1 Å². The van der Waals surface area contributed by atoms with Crippen molar-refractivity contribution in [3.63, 3.8) is 0 Å². The molecule has 13 heteroatoms. The number of rotatable bonds is 15. The number of aromatic nitrogens is 5. The zero-order valence-corrected chi connectivity index (χ0v) is 26.1. The number of benzene rings is 3. The highest BCUT2D eigenvalue weighted by Gasteiger charge is 2.13. The zero-order chi connectivity index (χ0) is 31.7. The average Bonchev–Trinajstić information content (AvgIpc) is 3.59. The van der Waals surface area contributed by atoms with Crippen molar-refractivity contribution in [1.82, 2.24) is 25.3 Å². The highest BCUT2D eigenvalue weighted by molar-refractivity contribution is 6.31. The molecule has 0 bridgehead atoms. The monoisotopic (exact) mass is 641 g/mol. The summed E-state index contributed by atoms with van der Waals surface area (Å²) >= 11 is 6.23. The summed E-state index contributed by atoms with van der Waals surface area (Å²) in [6, 6.07) is 22.5. The van der Waals surface area contributed by atoms with Crippen LogP contribution in [-0.4, -0.2) is 79.1 Å². The van der Waals surface area contributed by atoms with E-state index in [-0.39, 0.29) is 5.89 Å². The van der Waals surface area contributed by atoms with E-state index < -0.39 is 0 Å². The standard InChI is InChI=1S/C33H32ClN7O5/c1-42-23-6-3-21(4-7-23)32-38-33(46-41-32)28-11-12-30(40-39-28)35-13-15-44-17-18-45-16-14-36-31-25-9-5-22(34)19-29(25)37-27-10-8-24(43-2)20-26(27)31/h3-12,19-20H,13-18H2,1-2H3,(H,35,40)(H,36,37). The summed E-state index contributed by atoms with van der Waals surface area (Å²) in [6.07, 6.45) is 0. The van der Waals surface area contributed by atoms with Gasteiger partial charge in [0.2, 0.25) is 5.82 Å². The summed E-state index contributed by atoms with van der Waals surface area (Å²) in [5.41, 5.74) is 3.94. The normalized spacial score (nSPS) is 11.2. The molecule has 236 valence electrons. The molecule has 3 aromatic carbocycles. The lowest BCUT2D eigenvalue weighted by Gasteiger charge is -2.14. The Morgan fingerprint density at radius 1 is 0.696 bits per heavy atom. The predicted molar refractivity (Wildman–Crippen MR) is 177 cm³/mol. The number of methoxy groups -OCH3 is 2. The molecule has 3 heterocycles. The first-order valence-electron chi connectivity index (χ1n) is 14.6. The van der Waals surface area contributed by atoms with Crippen LogP contribution in [0.2, 0.25) is 5.02 Å². The minimum absolute atomic E-state index is 0.288. The van der Waals surface area contributed by atoms with Crippen LogP contribution in [0.25, 0.3) is 44.8 Å². The Bertz CT molecular complexity index is 1900. The molecule has 6 rings (SSSR count). The molecule has 0 unspecified atom stereocenters. The van der Waals surface area contributed by atoms with Crippen molar-refractivity contribution in [2.24, 2.45) is 0 Å². The Balaban J connectivity index is 0.903. The van der Waals surface area contributed by atoms with Gasteiger partial charge in [-0.1, -0.05) is 16.8 Å². The lowest BCUT2D eigenvalue weighted by Crippen LogP contribution is -2.15. The Kier molecular flexibility index (Phi) is 9.98. The SMILES string of the molecule is COc1ccc(-c2noc(-c3ccc(NCCOCCOCCNc4c5ccc(Cl)cc5nc5ccc(OC)cc45)nn3)n2)cc1. The third-order valence-corrected chi connectivity index (χ3v) is 7.31. The Morgan fingerprint density at radius 3 is 2.20 bits per heavy atom. The largest absolute Gasteiger partial charge is 0.497 e. The first-order chi connectivity index (χ1) is 22.6. The first kappa shape index (κ1) is 31.0. The van der Waals surface area contributed by atoms with E-state index in [4.69, 9.17) is 40.1 Å². The summed E-state index contributed by atoms with van der Waals surface area (Å²) in [6.45, 7) is 3.11. The van der Waals surface area contributed by atoms with Crippen molar-refractivity contribution in [3.8, 4) is 34.5 Å². The molecule has 2 N–H and O–H groups in total. The first-order valence-corrected chi connectivity index (χ1v) is 15.0. The number of fused-ring (bicyclic) bond motifs is 2. The molecule has 0 atom stereocenters. The number of hydrogen-bond acceptors (Lipinski definition) is 12. The van der Waals surface area contributed by atoms with Crippen LogP contribution in [0, 0.1) is 0 Å². The summed E-state index contributed by atoms with van der Waals surface area (Å²) in [7, 11) is 3.27. The second-order valence-electron chi connectivity index (χ2n) is 10.1. The molecule has 0 saturated heterocycles. The summed E-state index contributed by atoms with van der Waals surface area (Å²) in [4.78, 5) is 9.18. The molecule has 0 saturated carbocycles. The van der Waals surface area contributed by atoms with Gasteiger partial charge in [0.15, 0.2) is 5.69 Å². The average molecular weight is 642 g/mol. The molecule has 0 aliphatic heterocycles. The van der Waals surface area contributed by atoms with Gasteiger partial charge in [-0.3, -0.25) is 0 Å². The van der Waals surface area contributed by atoms with Crippen LogP contribution in [0.15, 0.2) is 77.3 Å². The molecule has 0 aliphatic carbocycles. The topological polar surface area (TPSA) is 139 Å². The van der Waals surface area contributed by atoms with Crippen LogP contribution >= 0.6 is 11.6 Å². The fourth-order valence-corrected chi connectivity index (χ4v) is 4.93. The van der Waals surface area contributed by atoms with E-state index in [0.29, 0.717) is 61.9 Å². The van der Waals surface area contributed by atoms with Gasteiger partial charge in [-0.05, 0) is 72.8 Å². The quantitative estimate of drug-likeness (QED) is 0.0986. The van der Waals surface area contributed by atoms with E-state index in [1.165, 1.54) is 0 Å². The number of anilines is 2. The zero-order valence-electron chi connectivity index (χ0n) is 25.3. The van der Waals surface area contributed by atoms with Crippen molar-refractivity contribution < 1.29 is 23.5 Å². The lowest BCUT2D eigenvalue weighted by molar-refractivity contribution is 0.0557. The van der Waals surface area contributed by atoms with Crippen molar-refractivity contribution in [1.29, 1.82) is 0 Å². The van der Waals surface area contributed by atoms with Gasteiger partial charge in [0.1, 0.15) is 17.3 Å². The fraction of sp³-hybridized carbons (Fsp3) is 0.242. The highest BCUT2D eigenvalue weighted by atomic mass is 35.5. The van der Waals surface area contributed by atoms with Gasteiger partial charge in [0.25, 0.3) is 5.89 Å².